The molecule has 0 radical (unpaired) electrons. The van der Waals surface area contributed by atoms with Crippen LogP contribution in [0.5, 0.6) is 0 Å². The van der Waals surface area contributed by atoms with Crippen LogP contribution in [-0.2, 0) is 11.2 Å². The van der Waals surface area contributed by atoms with E-state index in [0.29, 0.717) is 13.0 Å². The summed E-state index contributed by atoms with van der Waals surface area (Å²) in [7, 11) is 0. The summed E-state index contributed by atoms with van der Waals surface area (Å²) in [5, 5.41) is 9.02. The second-order valence-electron chi connectivity index (χ2n) is 3.33. The van der Waals surface area contributed by atoms with E-state index in [-0.39, 0.29) is 0 Å². The van der Waals surface area contributed by atoms with E-state index in [2.05, 4.69) is 4.98 Å². The number of pyridine rings is 1. The number of rotatable bonds is 2. The third-order valence-corrected chi connectivity index (χ3v) is 2.55. The lowest BCUT2D eigenvalue weighted by Crippen LogP contribution is -2.38. The largest absolute Gasteiger partial charge is 0.480 e. The van der Waals surface area contributed by atoms with Gasteiger partial charge in [-0.1, -0.05) is 6.07 Å². The second-order valence-corrected chi connectivity index (χ2v) is 3.33. The van der Waals surface area contributed by atoms with Crippen LogP contribution in [-0.4, -0.2) is 28.6 Å². The molecule has 0 bridgehead atoms. The van der Waals surface area contributed by atoms with E-state index >= 15 is 0 Å². The van der Waals surface area contributed by atoms with E-state index in [1.54, 1.807) is 6.20 Å². The standard InChI is InChI=1S/C10H12N2O2/c1-2-12-8(10(13)14)6-7-4-3-5-11-9(7)12/h3-5,8H,2,6H2,1H3,(H,13,14). The second kappa shape index (κ2) is 3.29. The number of fused-ring (bicyclic) bond motifs is 1. The number of carboxylic acids is 1. The Bertz CT molecular complexity index is 365. The lowest BCUT2D eigenvalue weighted by molar-refractivity contribution is -0.138. The minimum Gasteiger partial charge on any atom is -0.480 e. The molecule has 1 aromatic rings. The molecular weight excluding hydrogens is 180 g/mol. The highest BCUT2D eigenvalue weighted by Crippen LogP contribution is 2.29. The SMILES string of the molecule is CCN1c2ncccc2CC1C(=O)O. The van der Waals surface area contributed by atoms with Crippen LogP contribution in [0, 0.1) is 0 Å². The molecule has 1 aliphatic heterocycles. The first kappa shape index (κ1) is 8.99. The predicted molar refractivity (Wildman–Crippen MR) is 52.4 cm³/mol. The van der Waals surface area contributed by atoms with Crippen LogP contribution in [0.4, 0.5) is 5.82 Å². The number of anilines is 1. The fourth-order valence-corrected chi connectivity index (χ4v) is 1.91. The first-order valence-corrected chi connectivity index (χ1v) is 4.67. The number of hydrogen-bond donors (Lipinski definition) is 1. The Kier molecular flexibility index (Phi) is 2.11. The summed E-state index contributed by atoms with van der Waals surface area (Å²) in [5.41, 5.74) is 1.03. The summed E-state index contributed by atoms with van der Waals surface area (Å²) in [6.07, 6.45) is 2.26. The van der Waals surface area contributed by atoms with E-state index < -0.39 is 12.0 Å². The Morgan fingerprint density at radius 1 is 1.79 bits per heavy atom. The molecule has 4 nitrogen and oxygen atoms in total. The maximum absolute atomic E-state index is 11.0. The topological polar surface area (TPSA) is 53.4 Å². The number of carboxylic acid groups (broad SMARTS) is 1. The van der Waals surface area contributed by atoms with Gasteiger partial charge in [-0.05, 0) is 18.6 Å². The van der Waals surface area contributed by atoms with Gasteiger partial charge in [-0.2, -0.15) is 0 Å². The minimum atomic E-state index is -0.773. The van der Waals surface area contributed by atoms with Crippen LogP contribution in [0.15, 0.2) is 18.3 Å². The molecule has 0 amide bonds. The highest BCUT2D eigenvalue weighted by Gasteiger charge is 2.33. The molecule has 0 fully saturated rings. The van der Waals surface area contributed by atoms with Crippen molar-refractivity contribution >= 4 is 11.8 Å². The summed E-state index contributed by atoms with van der Waals surface area (Å²) < 4.78 is 0. The molecule has 2 heterocycles. The highest BCUT2D eigenvalue weighted by atomic mass is 16.4. The van der Waals surface area contributed by atoms with Crippen LogP contribution in [0.25, 0.3) is 0 Å². The van der Waals surface area contributed by atoms with Gasteiger partial charge in [0.1, 0.15) is 11.9 Å². The summed E-state index contributed by atoms with van der Waals surface area (Å²) in [5.74, 6) is 0.0484. The van der Waals surface area contributed by atoms with Gasteiger partial charge in [0.25, 0.3) is 0 Å². The van der Waals surface area contributed by atoms with Gasteiger partial charge in [-0.3, -0.25) is 0 Å². The molecule has 0 aromatic carbocycles. The Morgan fingerprint density at radius 2 is 2.57 bits per heavy atom. The summed E-state index contributed by atoms with van der Waals surface area (Å²) in [4.78, 5) is 17.0. The van der Waals surface area contributed by atoms with Crippen molar-refractivity contribution in [2.45, 2.75) is 19.4 Å². The zero-order valence-corrected chi connectivity index (χ0v) is 7.97. The van der Waals surface area contributed by atoms with Crippen molar-refractivity contribution in [3.63, 3.8) is 0 Å². The Hall–Kier alpha value is -1.58. The maximum atomic E-state index is 11.0. The predicted octanol–water partition coefficient (Wildman–Crippen LogP) is 0.917. The lowest BCUT2D eigenvalue weighted by Gasteiger charge is -2.21. The molecule has 74 valence electrons. The number of aromatic nitrogens is 1. The first-order chi connectivity index (χ1) is 6.74. The molecule has 1 unspecified atom stereocenters. The Balaban J connectivity index is 2.38. The van der Waals surface area contributed by atoms with Gasteiger partial charge < -0.3 is 10.0 Å². The molecule has 1 atom stereocenters. The van der Waals surface area contributed by atoms with Crippen LogP contribution in [0.3, 0.4) is 0 Å². The fourth-order valence-electron chi connectivity index (χ4n) is 1.91. The molecule has 0 saturated heterocycles. The van der Waals surface area contributed by atoms with Crippen molar-refractivity contribution in [1.29, 1.82) is 0 Å². The van der Waals surface area contributed by atoms with Gasteiger partial charge >= 0.3 is 5.97 Å². The third kappa shape index (κ3) is 1.23. The average molecular weight is 192 g/mol. The molecule has 1 N–H and O–H groups in total. The van der Waals surface area contributed by atoms with Gasteiger partial charge in [0, 0.05) is 19.2 Å². The summed E-state index contributed by atoms with van der Waals surface area (Å²) in [6, 6.07) is 3.34. The molecule has 0 aliphatic carbocycles. The van der Waals surface area contributed by atoms with Crippen molar-refractivity contribution in [1.82, 2.24) is 4.98 Å². The smallest absolute Gasteiger partial charge is 0.326 e. The van der Waals surface area contributed by atoms with Crippen molar-refractivity contribution in [2.24, 2.45) is 0 Å². The van der Waals surface area contributed by atoms with E-state index in [4.69, 9.17) is 5.11 Å². The lowest BCUT2D eigenvalue weighted by atomic mass is 10.1. The zero-order chi connectivity index (χ0) is 10.1. The maximum Gasteiger partial charge on any atom is 0.326 e. The molecule has 4 heteroatoms. The molecule has 1 aromatic heterocycles. The molecule has 2 rings (SSSR count). The monoisotopic (exact) mass is 192 g/mol. The number of nitrogens with zero attached hydrogens (tertiary/aromatic N) is 2. The number of aliphatic carboxylic acids is 1. The molecule has 14 heavy (non-hydrogen) atoms. The van der Waals surface area contributed by atoms with Crippen molar-refractivity contribution < 1.29 is 9.90 Å². The Labute approximate surface area is 82.2 Å². The average Bonchev–Trinajstić information content (AvgIpc) is 2.56. The van der Waals surface area contributed by atoms with Gasteiger partial charge in [0.05, 0.1) is 0 Å². The third-order valence-electron chi connectivity index (χ3n) is 2.55. The van der Waals surface area contributed by atoms with E-state index in [0.717, 1.165) is 11.4 Å². The van der Waals surface area contributed by atoms with E-state index in [1.165, 1.54) is 0 Å². The fraction of sp³-hybridized carbons (Fsp3) is 0.400. The number of hydrogen-bond acceptors (Lipinski definition) is 3. The molecule has 1 aliphatic rings. The normalized spacial score (nSPS) is 19.5. The van der Waals surface area contributed by atoms with Crippen LogP contribution in [0.1, 0.15) is 12.5 Å². The Morgan fingerprint density at radius 3 is 3.21 bits per heavy atom. The van der Waals surface area contributed by atoms with Crippen LogP contribution in [0.2, 0.25) is 0 Å². The number of carbonyl (C=O) groups is 1. The first-order valence-electron chi connectivity index (χ1n) is 4.67. The van der Waals surface area contributed by atoms with Crippen molar-refractivity contribution in [3.05, 3.63) is 23.9 Å². The van der Waals surface area contributed by atoms with Gasteiger partial charge in [0.15, 0.2) is 0 Å². The van der Waals surface area contributed by atoms with Gasteiger partial charge in [0.2, 0.25) is 0 Å². The van der Waals surface area contributed by atoms with Gasteiger partial charge in [-0.25, -0.2) is 9.78 Å². The molecular formula is C10H12N2O2. The van der Waals surface area contributed by atoms with Gasteiger partial charge in [-0.15, -0.1) is 0 Å². The number of likely N-dealkylation sites (N-methyl/N-ethyl adjacent to an activating group) is 1. The quantitative estimate of drug-likeness (QED) is 0.757. The minimum absolute atomic E-state index is 0.440. The zero-order valence-electron chi connectivity index (χ0n) is 7.97. The summed E-state index contributed by atoms with van der Waals surface area (Å²) in [6.45, 7) is 2.63. The van der Waals surface area contributed by atoms with Crippen molar-refractivity contribution in [3.8, 4) is 0 Å². The molecule has 0 spiro atoms. The highest BCUT2D eigenvalue weighted by molar-refractivity contribution is 5.81. The van der Waals surface area contributed by atoms with E-state index in [9.17, 15) is 4.79 Å². The van der Waals surface area contributed by atoms with Crippen LogP contribution < -0.4 is 4.90 Å². The van der Waals surface area contributed by atoms with Crippen LogP contribution >= 0.6 is 0 Å². The van der Waals surface area contributed by atoms with E-state index in [1.807, 2.05) is 24.0 Å². The van der Waals surface area contributed by atoms with Crippen molar-refractivity contribution in [2.75, 3.05) is 11.4 Å². The summed E-state index contributed by atoms with van der Waals surface area (Å²) >= 11 is 0. The molecule has 0 saturated carbocycles.